The minimum atomic E-state index is -1.57. The molecule has 1 saturated heterocycles. The molecule has 0 aromatic rings. The SMILES string of the molecule is CCCCCCCCCCCCCCCCCCCCCCCCCC/C=C/CC/C=C/C(O)C(COC1OC(CO)C(O)C(O)C1O)NC(=O)CCCCCCCCCCCCCCCCCC. The van der Waals surface area contributed by atoms with Gasteiger partial charge in [-0.25, -0.2) is 0 Å². The number of rotatable bonds is 52. The first-order valence-corrected chi connectivity index (χ1v) is 30.1. The van der Waals surface area contributed by atoms with E-state index in [9.17, 15) is 30.3 Å². The summed E-state index contributed by atoms with van der Waals surface area (Å²) in [7, 11) is 0. The Morgan fingerprint density at radius 2 is 0.826 bits per heavy atom. The summed E-state index contributed by atoms with van der Waals surface area (Å²) in [6, 6.07) is -0.818. The van der Waals surface area contributed by atoms with Crippen molar-refractivity contribution in [2.75, 3.05) is 13.2 Å². The van der Waals surface area contributed by atoms with Crippen LogP contribution >= 0.6 is 0 Å². The Morgan fingerprint density at radius 3 is 1.22 bits per heavy atom. The van der Waals surface area contributed by atoms with Gasteiger partial charge in [-0.2, -0.15) is 0 Å². The topological polar surface area (TPSA) is 149 Å². The Labute approximate surface area is 426 Å². The number of hydrogen-bond acceptors (Lipinski definition) is 8. The fourth-order valence-corrected chi connectivity index (χ4v) is 9.76. The normalized spacial score (nSPS) is 19.6. The first-order chi connectivity index (χ1) is 33.8. The van der Waals surface area contributed by atoms with Crippen LogP contribution in [-0.4, -0.2) is 87.5 Å². The molecule has 0 aromatic heterocycles. The number of aliphatic hydroxyl groups excluding tert-OH is 5. The molecule has 0 bridgehead atoms. The molecule has 1 rings (SSSR count). The molecule has 1 fully saturated rings. The standard InChI is InChI=1S/C60H115NO8/c1-3-5-7-9-11-13-15-17-19-21-22-23-24-25-26-27-28-29-30-31-32-33-34-35-37-39-41-43-45-47-49-54(63)53(52-68-60-59(67)58(66)57(65)55(51-62)69-60)61-56(64)50-48-46-44-42-40-38-36-20-18-16-14-12-10-8-6-4-2/h39,41,47,49,53-55,57-60,62-63,65-67H,3-38,40,42-46,48,50-52H2,1-2H3,(H,61,64)/b41-39+,49-47+. The van der Waals surface area contributed by atoms with Crippen LogP contribution in [0.5, 0.6) is 0 Å². The van der Waals surface area contributed by atoms with Gasteiger partial charge < -0.3 is 40.3 Å². The highest BCUT2D eigenvalue weighted by atomic mass is 16.7. The average Bonchev–Trinajstić information content (AvgIpc) is 3.35. The van der Waals surface area contributed by atoms with Crippen LogP contribution in [0.3, 0.4) is 0 Å². The van der Waals surface area contributed by atoms with E-state index in [1.807, 2.05) is 6.08 Å². The Kier molecular flexibility index (Phi) is 47.8. The van der Waals surface area contributed by atoms with Crippen molar-refractivity contribution in [2.24, 2.45) is 0 Å². The minimum absolute atomic E-state index is 0.182. The molecule has 7 unspecified atom stereocenters. The Bertz CT molecular complexity index is 1130. The zero-order valence-corrected chi connectivity index (χ0v) is 45.3. The Hall–Kier alpha value is -1.33. The fraction of sp³-hybridized carbons (Fsp3) is 0.917. The van der Waals surface area contributed by atoms with Crippen molar-refractivity contribution in [1.82, 2.24) is 5.32 Å². The van der Waals surface area contributed by atoms with Gasteiger partial charge in [0, 0.05) is 6.42 Å². The summed E-state index contributed by atoms with van der Waals surface area (Å²) in [4.78, 5) is 13.0. The molecule has 9 nitrogen and oxygen atoms in total. The van der Waals surface area contributed by atoms with E-state index in [1.54, 1.807) is 6.08 Å². The molecule has 0 aliphatic carbocycles. The number of allylic oxidation sites excluding steroid dienone is 3. The summed E-state index contributed by atoms with van der Waals surface area (Å²) in [5, 5.41) is 54.5. The fourth-order valence-electron chi connectivity index (χ4n) is 9.76. The summed E-state index contributed by atoms with van der Waals surface area (Å²) in [5.74, 6) is -0.182. The highest BCUT2D eigenvalue weighted by Gasteiger charge is 2.44. The molecular formula is C60H115NO8. The van der Waals surface area contributed by atoms with Crippen LogP contribution in [0.4, 0.5) is 0 Å². The van der Waals surface area contributed by atoms with E-state index >= 15 is 0 Å². The second kappa shape index (κ2) is 50.2. The molecule has 1 amide bonds. The summed E-state index contributed by atoms with van der Waals surface area (Å²) in [6.07, 6.45) is 56.9. The molecule has 7 atom stereocenters. The van der Waals surface area contributed by atoms with Crippen LogP contribution in [0, 0.1) is 0 Å². The maximum absolute atomic E-state index is 13.0. The maximum atomic E-state index is 13.0. The van der Waals surface area contributed by atoms with Crippen LogP contribution in [0.15, 0.2) is 24.3 Å². The zero-order chi connectivity index (χ0) is 50.1. The second-order valence-corrected chi connectivity index (χ2v) is 21.1. The van der Waals surface area contributed by atoms with Crippen molar-refractivity contribution in [1.29, 1.82) is 0 Å². The lowest BCUT2D eigenvalue weighted by Gasteiger charge is -2.40. The molecule has 0 spiro atoms. The van der Waals surface area contributed by atoms with Gasteiger partial charge in [-0.1, -0.05) is 282 Å². The van der Waals surface area contributed by atoms with Crippen molar-refractivity contribution in [3.05, 3.63) is 24.3 Å². The zero-order valence-electron chi connectivity index (χ0n) is 45.3. The van der Waals surface area contributed by atoms with E-state index in [2.05, 4.69) is 31.3 Å². The number of nitrogens with one attached hydrogen (secondary N) is 1. The highest BCUT2D eigenvalue weighted by Crippen LogP contribution is 2.23. The number of unbranched alkanes of at least 4 members (excludes halogenated alkanes) is 40. The quantitative estimate of drug-likeness (QED) is 0.0261. The van der Waals surface area contributed by atoms with Gasteiger partial charge in [-0.15, -0.1) is 0 Å². The van der Waals surface area contributed by atoms with Gasteiger partial charge in [0.2, 0.25) is 5.91 Å². The van der Waals surface area contributed by atoms with Crippen LogP contribution in [-0.2, 0) is 14.3 Å². The Balaban J connectivity index is 2.19. The summed E-state index contributed by atoms with van der Waals surface area (Å²) in [5.41, 5.74) is 0. The third-order valence-corrected chi connectivity index (χ3v) is 14.5. The monoisotopic (exact) mass is 978 g/mol. The van der Waals surface area contributed by atoms with E-state index < -0.39 is 49.5 Å². The van der Waals surface area contributed by atoms with Gasteiger partial charge in [-0.3, -0.25) is 4.79 Å². The first kappa shape index (κ1) is 65.7. The lowest BCUT2D eigenvalue weighted by atomic mass is 9.99. The lowest BCUT2D eigenvalue weighted by Crippen LogP contribution is -2.60. The summed E-state index contributed by atoms with van der Waals surface area (Å²) in [6.45, 7) is 3.80. The van der Waals surface area contributed by atoms with Crippen molar-refractivity contribution < 1.29 is 39.8 Å². The van der Waals surface area contributed by atoms with Crippen molar-refractivity contribution in [3.8, 4) is 0 Å². The van der Waals surface area contributed by atoms with Gasteiger partial charge in [0.25, 0.3) is 0 Å². The first-order valence-electron chi connectivity index (χ1n) is 30.1. The predicted octanol–water partition coefficient (Wildman–Crippen LogP) is 15.0. The van der Waals surface area contributed by atoms with E-state index in [-0.39, 0.29) is 12.5 Å². The number of aliphatic hydroxyl groups is 5. The number of amides is 1. The van der Waals surface area contributed by atoms with Crippen LogP contribution < -0.4 is 5.32 Å². The van der Waals surface area contributed by atoms with Gasteiger partial charge in [0.15, 0.2) is 6.29 Å². The largest absolute Gasteiger partial charge is 0.394 e. The molecule has 0 saturated carbocycles. The van der Waals surface area contributed by atoms with Crippen LogP contribution in [0.2, 0.25) is 0 Å². The second-order valence-electron chi connectivity index (χ2n) is 21.1. The smallest absolute Gasteiger partial charge is 0.220 e. The molecule has 69 heavy (non-hydrogen) atoms. The number of hydrogen-bond donors (Lipinski definition) is 6. The van der Waals surface area contributed by atoms with E-state index in [1.165, 1.54) is 238 Å². The third kappa shape index (κ3) is 39.8. The number of ether oxygens (including phenoxy) is 2. The number of carbonyl (C=O) groups excluding carboxylic acids is 1. The molecule has 9 heteroatoms. The van der Waals surface area contributed by atoms with E-state index in [0.717, 1.165) is 38.5 Å². The molecule has 6 N–H and O–H groups in total. The predicted molar refractivity (Wildman–Crippen MR) is 290 cm³/mol. The average molecular weight is 979 g/mol. The molecular weight excluding hydrogens is 863 g/mol. The van der Waals surface area contributed by atoms with E-state index in [0.29, 0.717) is 6.42 Å². The third-order valence-electron chi connectivity index (χ3n) is 14.5. The van der Waals surface area contributed by atoms with Gasteiger partial charge in [0.05, 0.1) is 25.4 Å². The summed E-state index contributed by atoms with van der Waals surface area (Å²) < 4.78 is 11.3. The molecule has 0 radical (unpaired) electrons. The van der Waals surface area contributed by atoms with Crippen LogP contribution in [0.1, 0.15) is 296 Å². The van der Waals surface area contributed by atoms with Crippen molar-refractivity contribution in [3.63, 3.8) is 0 Å². The molecule has 1 aliphatic heterocycles. The van der Waals surface area contributed by atoms with Crippen LogP contribution in [0.25, 0.3) is 0 Å². The lowest BCUT2D eigenvalue weighted by molar-refractivity contribution is -0.302. The maximum Gasteiger partial charge on any atom is 0.220 e. The molecule has 1 aliphatic rings. The summed E-state index contributed by atoms with van der Waals surface area (Å²) >= 11 is 0. The van der Waals surface area contributed by atoms with E-state index in [4.69, 9.17) is 9.47 Å². The highest BCUT2D eigenvalue weighted by molar-refractivity contribution is 5.76. The van der Waals surface area contributed by atoms with Gasteiger partial charge in [-0.05, 0) is 32.1 Å². The minimum Gasteiger partial charge on any atom is -0.394 e. The molecule has 408 valence electrons. The number of carbonyl (C=O) groups is 1. The molecule has 0 aromatic carbocycles. The molecule has 1 heterocycles. The van der Waals surface area contributed by atoms with Gasteiger partial charge >= 0.3 is 0 Å². The van der Waals surface area contributed by atoms with Gasteiger partial charge in [0.1, 0.15) is 24.4 Å². The Morgan fingerprint density at radius 1 is 0.478 bits per heavy atom. The van der Waals surface area contributed by atoms with Crippen molar-refractivity contribution in [2.45, 2.75) is 339 Å². The van der Waals surface area contributed by atoms with Crippen molar-refractivity contribution >= 4 is 5.91 Å².